The van der Waals surface area contributed by atoms with E-state index < -0.39 is 9.84 Å². The lowest BCUT2D eigenvalue weighted by atomic mass is 10.5. The Labute approximate surface area is 83.3 Å². The van der Waals surface area contributed by atoms with E-state index in [-0.39, 0.29) is 16.5 Å². The molecule has 0 aliphatic rings. The van der Waals surface area contributed by atoms with Gasteiger partial charge in [-0.3, -0.25) is 0 Å². The zero-order valence-electron chi connectivity index (χ0n) is 8.19. The lowest BCUT2D eigenvalue weighted by molar-refractivity contribution is 0.594. The average Bonchev–Trinajstić information content (AvgIpc) is 2.02. The molecule has 1 aromatic heterocycles. The Bertz CT molecular complexity index is 428. The summed E-state index contributed by atoms with van der Waals surface area (Å²) in [5.41, 5.74) is 5.51. The van der Waals surface area contributed by atoms with Gasteiger partial charge in [-0.1, -0.05) is 6.92 Å². The summed E-state index contributed by atoms with van der Waals surface area (Å²) in [6.45, 7) is 3.45. The van der Waals surface area contributed by atoms with Crippen LogP contribution in [0.2, 0.25) is 0 Å². The van der Waals surface area contributed by atoms with E-state index in [1.54, 1.807) is 13.8 Å². The van der Waals surface area contributed by atoms with Crippen molar-refractivity contribution >= 4 is 15.7 Å². The number of aromatic nitrogens is 2. The highest BCUT2D eigenvalue weighted by atomic mass is 32.2. The number of anilines is 1. The summed E-state index contributed by atoms with van der Waals surface area (Å²) >= 11 is 0. The quantitative estimate of drug-likeness (QED) is 0.795. The summed E-state index contributed by atoms with van der Waals surface area (Å²) in [7, 11) is -3.31. The molecule has 1 rings (SSSR count). The minimum atomic E-state index is -3.31. The lowest BCUT2D eigenvalue weighted by Crippen LogP contribution is -2.11. The van der Waals surface area contributed by atoms with E-state index in [2.05, 4.69) is 9.97 Å². The van der Waals surface area contributed by atoms with E-state index in [0.717, 1.165) is 0 Å². The average molecular weight is 215 g/mol. The SMILES string of the molecule is CCCS(=O)(=O)c1cnc(C)nc1N. The summed E-state index contributed by atoms with van der Waals surface area (Å²) in [5, 5.41) is 0. The Balaban J connectivity index is 3.20. The van der Waals surface area contributed by atoms with E-state index >= 15 is 0 Å². The first-order valence-electron chi connectivity index (χ1n) is 4.29. The van der Waals surface area contributed by atoms with Crippen LogP contribution >= 0.6 is 0 Å². The van der Waals surface area contributed by atoms with Crippen molar-refractivity contribution in [2.24, 2.45) is 0 Å². The standard InChI is InChI=1S/C8H13N3O2S/c1-3-4-14(12,13)7-5-10-6(2)11-8(7)9/h5H,3-4H2,1-2H3,(H2,9,10,11). The monoisotopic (exact) mass is 215 g/mol. The van der Waals surface area contributed by atoms with Gasteiger partial charge in [0.1, 0.15) is 16.5 Å². The van der Waals surface area contributed by atoms with Crippen molar-refractivity contribution in [1.29, 1.82) is 0 Å². The third kappa shape index (κ3) is 2.20. The molecular weight excluding hydrogens is 202 g/mol. The van der Waals surface area contributed by atoms with Gasteiger partial charge < -0.3 is 5.73 Å². The van der Waals surface area contributed by atoms with E-state index in [0.29, 0.717) is 12.2 Å². The number of rotatable bonds is 3. The van der Waals surface area contributed by atoms with Crippen molar-refractivity contribution in [2.75, 3.05) is 11.5 Å². The van der Waals surface area contributed by atoms with Crippen LogP contribution in [0.4, 0.5) is 5.82 Å². The Kier molecular flexibility index (Phi) is 3.05. The molecule has 0 unspecified atom stereocenters. The fraction of sp³-hybridized carbons (Fsp3) is 0.500. The summed E-state index contributed by atoms with van der Waals surface area (Å²) in [6, 6.07) is 0. The van der Waals surface area contributed by atoms with Crippen LogP contribution in [0.3, 0.4) is 0 Å². The third-order valence-electron chi connectivity index (χ3n) is 1.71. The molecule has 78 valence electrons. The molecule has 2 N–H and O–H groups in total. The highest BCUT2D eigenvalue weighted by Crippen LogP contribution is 2.16. The first-order chi connectivity index (χ1) is 6.47. The van der Waals surface area contributed by atoms with Gasteiger partial charge in [-0.05, 0) is 13.3 Å². The summed E-state index contributed by atoms with van der Waals surface area (Å²) in [4.78, 5) is 7.66. The summed E-state index contributed by atoms with van der Waals surface area (Å²) in [5.74, 6) is 0.577. The van der Waals surface area contributed by atoms with Gasteiger partial charge in [0.25, 0.3) is 0 Å². The van der Waals surface area contributed by atoms with Gasteiger partial charge in [0, 0.05) is 0 Å². The topological polar surface area (TPSA) is 85.9 Å². The molecule has 0 saturated carbocycles. The highest BCUT2D eigenvalue weighted by Gasteiger charge is 2.17. The second-order valence-electron chi connectivity index (χ2n) is 2.99. The van der Waals surface area contributed by atoms with Gasteiger partial charge >= 0.3 is 0 Å². The van der Waals surface area contributed by atoms with E-state index in [9.17, 15) is 8.42 Å². The number of hydrogen-bond acceptors (Lipinski definition) is 5. The molecule has 0 bridgehead atoms. The van der Waals surface area contributed by atoms with Crippen molar-refractivity contribution in [3.63, 3.8) is 0 Å². The Hall–Kier alpha value is -1.17. The van der Waals surface area contributed by atoms with Crippen molar-refractivity contribution in [1.82, 2.24) is 9.97 Å². The number of nitrogen functional groups attached to an aromatic ring is 1. The molecule has 0 aliphatic carbocycles. The van der Waals surface area contributed by atoms with E-state index in [1.165, 1.54) is 6.20 Å². The predicted octanol–water partition coefficient (Wildman–Crippen LogP) is 0.551. The van der Waals surface area contributed by atoms with Crippen LogP contribution in [0.5, 0.6) is 0 Å². The Morgan fingerprint density at radius 3 is 2.64 bits per heavy atom. The largest absolute Gasteiger partial charge is 0.383 e. The van der Waals surface area contributed by atoms with Gasteiger partial charge in [-0.2, -0.15) is 0 Å². The van der Waals surface area contributed by atoms with Crippen LogP contribution in [0.1, 0.15) is 19.2 Å². The van der Waals surface area contributed by atoms with Gasteiger partial charge in [0.05, 0.1) is 11.9 Å². The molecule has 6 heteroatoms. The van der Waals surface area contributed by atoms with E-state index in [4.69, 9.17) is 5.73 Å². The molecule has 0 spiro atoms. The summed E-state index contributed by atoms with van der Waals surface area (Å²) in [6.07, 6.45) is 1.82. The smallest absolute Gasteiger partial charge is 0.183 e. The van der Waals surface area contributed by atoms with Crippen molar-refractivity contribution < 1.29 is 8.42 Å². The molecule has 14 heavy (non-hydrogen) atoms. The number of hydrogen-bond donors (Lipinski definition) is 1. The van der Waals surface area contributed by atoms with Crippen molar-refractivity contribution in [3.05, 3.63) is 12.0 Å². The molecule has 0 aromatic carbocycles. The van der Waals surface area contributed by atoms with Crippen LogP contribution < -0.4 is 5.73 Å². The maximum absolute atomic E-state index is 11.6. The van der Waals surface area contributed by atoms with Crippen molar-refractivity contribution in [3.8, 4) is 0 Å². The maximum Gasteiger partial charge on any atom is 0.183 e. The normalized spacial score (nSPS) is 11.6. The molecule has 1 heterocycles. The zero-order valence-corrected chi connectivity index (χ0v) is 9.00. The second kappa shape index (κ2) is 3.91. The molecule has 0 saturated heterocycles. The van der Waals surface area contributed by atoms with Gasteiger partial charge in [0.15, 0.2) is 9.84 Å². The minimum Gasteiger partial charge on any atom is -0.383 e. The van der Waals surface area contributed by atoms with Crippen LogP contribution in [-0.4, -0.2) is 24.1 Å². The molecule has 0 amide bonds. The van der Waals surface area contributed by atoms with E-state index in [1.807, 2.05) is 0 Å². The van der Waals surface area contributed by atoms with Gasteiger partial charge in [-0.15, -0.1) is 0 Å². The summed E-state index contributed by atoms with van der Waals surface area (Å²) < 4.78 is 23.2. The van der Waals surface area contributed by atoms with Crippen molar-refractivity contribution in [2.45, 2.75) is 25.2 Å². The molecule has 1 aromatic rings. The second-order valence-corrected chi connectivity index (χ2v) is 5.06. The molecule has 5 nitrogen and oxygen atoms in total. The molecule has 0 atom stereocenters. The zero-order chi connectivity index (χ0) is 10.8. The van der Waals surface area contributed by atoms with Gasteiger partial charge in [0.2, 0.25) is 0 Å². The van der Waals surface area contributed by atoms with Crippen LogP contribution in [0, 0.1) is 6.92 Å². The molecule has 0 aliphatic heterocycles. The first kappa shape index (κ1) is 10.9. The predicted molar refractivity (Wildman–Crippen MR) is 53.5 cm³/mol. The molecule has 0 radical (unpaired) electrons. The number of aryl methyl sites for hydroxylation is 1. The van der Waals surface area contributed by atoms with Crippen LogP contribution in [0.25, 0.3) is 0 Å². The Morgan fingerprint density at radius 2 is 2.14 bits per heavy atom. The van der Waals surface area contributed by atoms with Crippen LogP contribution in [-0.2, 0) is 9.84 Å². The molecular formula is C8H13N3O2S. The Morgan fingerprint density at radius 1 is 1.50 bits per heavy atom. The highest BCUT2D eigenvalue weighted by molar-refractivity contribution is 7.91. The maximum atomic E-state index is 11.6. The lowest BCUT2D eigenvalue weighted by Gasteiger charge is -2.04. The fourth-order valence-corrected chi connectivity index (χ4v) is 2.43. The van der Waals surface area contributed by atoms with Crippen LogP contribution in [0.15, 0.2) is 11.1 Å². The number of nitrogens with zero attached hydrogens (tertiary/aromatic N) is 2. The fourth-order valence-electron chi connectivity index (χ4n) is 1.09. The minimum absolute atomic E-state index is 0.0324. The number of sulfone groups is 1. The first-order valence-corrected chi connectivity index (χ1v) is 5.94. The van der Waals surface area contributed by atoms with Gasteiger partial charge in [-0.25, -0.2) is 18.4 Å². The molecule has 0 fully saturated rings. The third-order valence-corrected chi connectivity index (χ3v) is 3.64. The number of nitrogens with two attached hydrogens (primary N) is 1.